The van der Waals surface area contributed by atoms with E-state index in [9.17, 15) is 24.3 Å². The molecule has 0 saturated carbocycles. The zero-order valence-corrected chi connectivity index (χ0v) is 22.1. The second-order valence-electron chi connectivity index (χ2n) is 10.7. The Morgan fingerprint density at radius 1 is 1.00 bits per heavy atom. The second-order valence-corrected chi connectivity index (χ2v) is 10.7. The molecule has 2 amide bonds. The average Bonchev–Trinajstić information content (AvgIpc) is 3.20. The fourth-order valence-electron chi connectivity index (χ4n) is 6.75. The second kappa shape index (κ2) is 9.19. The van der Waals surface area contributed by atoms with Crippen molar-refractivity contribution in [2.45, 2.75) is 39.0 Å². The minimum Gasteiger partial charge on any atom is -0.504 e. The van der Waals surface area contributed by atoms with Gasteiger partial charge in [0.05, 0.1) is 24.6 Å². The first-order valence-corrected chi connectivity index (χ1v) is 13.3. The van der Waals surface area contributed by atoms with Crippen LogP contribution in [0.5, 0.6) is 11.5 Å². The number of amides is 2. The molecule has 7 nitrogen and oxygen atoms in total. The number of phenolic OH excluding ortho intramolecular Hbond substituents is 1. The van der Waals surface area contributed by atoms with Crippen LogP contribution < -0.4 is 9.64 Å². The lowest BCUT2D eigenvalue weighted by Gasteiger charge is -2.42. The first-order chi connectivity index (χ1) is 18.7. The average molecular weight is 524 g/mol. The molecule has 39 heavy (non-hydrogen) atoms. The number of imide groups is 1. The summed E-state index contributed by atoms with van der Waals surface area (Å²) in [6, 6.07) is 12.4. The molecule has 1 N–H and O–H groups in total. The van der Waals surface area contributed by atoms with E-state index in [1.165, 1.54) is 24.2 Å². The third-order valence-electron chi connectivity index (χ3n) is 8.70. The van der Waals surface area contributed by atoms with Gasteiger partial charge >= 0.3 is 0 Å². The molecule has 2 aromatic rings. The molecule has 198 valence electrons. The number of fused-ring (bicyclic) bond motifs is 3. The number of carbonyl (C=O) groups is 4. The Morgan fingerprint density at radius 2 is 1.74 bits per heavy atom. The molecule has 0 bridgehead atoms. The maximum absolute atomic E-state index is 14.0. The van der Waals surface area contributed by atoms with Gasteiger partial charge in [-0.3, -0.25) is 24.1 Å². The molecule has 0 aromatic heterocycles. The van der Waals surface area contributed by atoms with E-state index < -0.39 is 23.7 Å². The fraction of sp³-hybridized carbons (Fsp3) is 0.312. The number of nitrogens with zero attached hydrogens (tertiary/aromatic N) is 1. The Labute approximate surface area is 226 Å². The van der Waals surface area contributed by atoms with Gasteiger partial charge in [-0.05, 0) is 73.6 Å². The highest BCUT2D eigenvalue weighted by molar-refractivity contribution is 6.25. The summed E-state index contributed by atoms with van der Waals surface area (Å²) in [5, 5.41) is 10.2. The van der Waals surface area contributed by atoms with Crippen molar-refractivity contribution in [1.29, 1.82) is 0 Å². The first kappa shape index (κ1) is 25.0. The van der Waals surface area contributed by atoms with Crippen LogP contribution in [0.3, 0.4) is 0 Å². The van der Waals surface area contributed by atoms with Crippen LogP contribution in [-0.4, -0.2) is 35.6 Å². The minimum absolute atomic E-state index is 0.0380. The van der Waals surface area contributed by atoms with E-state index in [-0.39, 0.29) is 41.3 Å². The van der Waals surface area contributed by atoms with Crippen LogP contribution in [0.1, 0.15) is 43.7 Å². The van der Waals surface area contributed by atoms with Gasteiger partial charge in [0.25, 0.3) is 0 Å². The van der Waals surface area contributed by atoms with Crippen LogP contribution in [0.25, 0.3) is 0 Å². The predicted octanol–water partition coefficient (Wildman–Crippen LogP) is 4.60. The number of hydrogen-bond acceptors (Lipinski definition) is 6. The van der Waals surface area contributed by atoms with Crippen molar-refractivity contribution >= 4 is 29.1 Å². The van der Waals surface area contributed by atoms with E-state index in [1.807, 2.05) is 37.3 Å². The van der Waals surface area contributed by atoms with Crippen molar-refractivity contribution in [3.05, 3.63) is 88.0 Å². The SMILES string of the molecule is CCc1ccc(N2C(=O)C3CC=C4C(c5ccc(O)c(OC)c5)C5=C(CC4C3C2=O)C(=O)C=C(C)C5=O)cc1. The number of hydrogen-bond donors (Lipinski definition) is 1. The maximum Gasteiger partial charge on any atom is 0.238 e. The van der Waals surface area contributed by atoms with E-state index in [0.717, 1.165) is 17.6 Å². The molecule has 4 unspecified atom stereocenters. The predicted molar refractivity (Wildman–Crippen MR) is 144 cm³/mol. The van der Waals surface area contributed by atoms with Crippen molar-refractivity contribution in [3.8, 4) is 11.5 Å². The number of methoxy groups -OCH3 is 1. The summed E-state index contributed by atoms with van der Waals surface area (Å²) >= 11 is 0. The highest BCUT2D eigenvalue weighted by atomic mass is 16.5. The van der Waals surface area contributed by atoms with Gasteiger partial charge in [-0.1, -0.05) is 36.8 Å². The molecular formula is C32H29NO6. The number of benzene rings is 2. The van der Waals surface area contributed by atoms with Crippen molar-refractivity contribution in [2.75, 3.05) is 12.0 Å². The van der Waals surface area contributed by atoms with Crippen molar-refractivity contribution in [2.24, 2.45) is 17.8 Å². The number of anilines is 1. The maximum atomic E-state index is 14.0. The summed E-state index contributed by atoms with van der Waals surface area (Å²) < 4.78 is 5.34. The van der Waals surface area contributed by atoms with Crippen LogP contribution in [-0.2, 0) is 25.6 Å². The van der Waals surface area contributed by atoms with Crippen LogP contribution >= 0.6 is 0 Å². The molecule has 1 heterocycles. The monoisotopic (exact) mass is 523 g/mol. The molecule has 1 fully saturated rings. The molecular weight excluding hydrogens is 494 g/mol. The van der Waals surface area contributed by atoms with Gasteiger partial charge < -0.3 is 9.84 Å². The van der Waals surface area contributed by atoms with Crippen LogP contribution in [0.4, 0.5) is 5.69 Å². The molecule has 0 spiro atoms. The molecule has 3 aliphatic carbocycles. The van der Waals surface area contributed by atoms with Crippen molar-refractivity contribution in [3.63, 3.8) is 0 Å². The van der Waals surface area contributed by atoms with Gasteiger partial charge in [-0.25, -0.2) is 0 Å². The standard InChI is InChI=1S/C32H29NO6/c1-4-17-5-8-19(9-6-17)33-31(37)21-11-10-20-22(28(21)32(33)38)15-23-25(35)13-16(2)30(36)29(23)27(20)18-7-12-24(34)26(14-18)39-3/h5-10,12-14,21-22,27-28,34H,4,11,15H2,1-3H3. The molecule has 0 radical (unpaired) electrons. The Kier molecular flexibility index (Phi) is 5.90. The number of carbonyl (C=O) groups excluding carboxylic acids is 4. The third-order valence-corrected chi connectivity index (χ3v) is 8.70. The number of ketones is 2. The van der Waals surface area contributed by atoms with E-state index in [0.29, 0.717) is 34.4 Å². The van der Waals surface area contributed by atoms with Gasteiger partial charge in [0.2, 0.25) is 11.8 Å². The summed E-state index contributed by atoms with van der Waals surface area (Å²) in [5.74, 6) is -2.87. The topological polar surface area (TPSA) is 101 Å². The first-order valence-electron chi connectivity index (χ1n) is 13.3. The molecule has 6 rings (SSSR count). The number of rotatable bonds is 4. The van der Waals surface area contributed by atoms with Gasteiger partial charge in [0, 0.05) is 22.6 Å². The molecule has 4 aliphatic rings. The third kappa shape index (κ3) is 3.71. The lowest BCUT2D eigenvalue weighted by molar-refractivity contribution is -0.123. The number of ether oxygens (including phenoxy) is 1. The molecule has 1 aliphatic heterocycles. The minimum atomic E-state index is -0.631. The quantitative estimate of drug-likeness (QED) is 0.357. The number of Topliss-reactive ketones (excluding diaryl/α,β-unsaturated/α-hetero) is 1. The smallest absolute Gasteiger partial charge is 0.238 e. The summed E-state index contributed by atoms with van der Waals surface area (Å²) in [4.78, 5) is 55.6. The molecule has 4 atom stereocenters. The zero-order valence-electron chi connectivity index (χ0n) is 22.1. The Balaban J connectivity index is 1.47. The zero-order chi connectivity index (χ0) is 27.6. The van der Waals surface area contributed by atoms with Gasteiger partial charge in [-0.15, -0.1) is 0 Å². The highest BCUT2D eigenvalue weighted by Gasteiger charge is 2.56. The lowest BCUT2D eigenvalue weighted by atomic mass is 9.59. The van der Waals surface area contributed by atoms with E-state index in [1.54, 1.807) is 19.1 Å². The van der Waals surface area contributed by atoms with E-state index >= 15 is 0 Å². The number of aryl methyl sites for hydroxylation is 1. The fourth-order valence-corrected chi connectivity index (χ4v) is 6.75. The number of phenols is 1. The van der Waals surface area contributed by atoms with Gasteiger partial charge in [0.1, 0.15) is 0 Å². The Morgan fingerprint density at radius 3 is 2.44 bits per heavy atom. The molecule has 1 saturated heterocycles. The summed E-state index contributed by atoms with van der Waals surface area (Å²) in [5.41, 5.74) is 4.40. The van der Waals surface area contributed by atoms with Crippen molar-refractivity contribution in [1.82, 2.24) is 0 Å². The lowest BCUT2D eigenvalue weighted by Crippen LogP contribution is -2.39. The largest absolute Gasteiger partial charge is 0.504 e. The molecule has 7 heteroatoms. The summed E-state index contributed by atoms with van der Waals surface area (Å²) in [7, 11) is 1.45. The Hall–Kier alpha value is -4.26. The van der Waals surface area contributed by atoms with E-state index in [2.05, 4.69) is 0 Å². The van der Waals surface area contributed by atoms with Crippen molar-refractivity contribution < 1.29 is 29.0 Å². The Bertz CT molecular complexity index is 1540. The van der Waals surface area contributed by atoms with Crippen LogP contribution in [0.2, 0.25) is 0 Å². The van der Waals surface area contributed by atoms with Gasteiger partial charge in [-0.2, -0.15) is 0 Å². The molecule has 2 aromatic carbocycles. The summed E-state index contributed by atoms with van der Waals surface area (Å²) in [6.45, 7) is 3.68. The van der Waals surface area contributed by atoms with Crippen LogP contribution in [0, 0.1) is 17.8 Å². The van der Waals surface area contributed by atoms with E-state index in [4.69, 9.17) is 4.74 Å². The highest BCUT2D eigenvalue weighted by Crippen LogP contribution is 2.55. The van der Waals surface area contributed by atoms with Crippen LogP contribution in [0.15, 0.2) is 76.9 Å². The normalized spacial score (nSPS) is 26.2. The number of aromatic hydroxyl groups is 1. The summed E-state index contributed by atoms with van der Waals surface area (Å²) in [6.07, 6.45) is 4.80. The van der Waals surface area contributed by atoms with Gasteiger partial charge in [0.15, 0.2) is 23.1 Å². The number of allylic oxidation sites excluding steroid dienone is 6.